The van der Waals surface area contributed by atoms with Crippen LogP contribution in [0.4, 0.5) is 0 Å². The number of unbranched alkanes of at least 4 members (excludes halogenated alkanes) is 34. The van der Waals surface area contributed by atoms with E-state index in [0.717, 1.165) is 51.4 Å². The normalized spacial score (nSPS) is 13.6. The summed E-state index contributed by atoms with van der Waals surface area (Å²) in [5.74, 6) is -0.155. The van der Waals surface area contributed by atoms with Crippen LogP contribution in [-0.4, -0.2) is 46.1 Å². The Kier molecular flexibility index (Phi) is 45.5. The first-order chi connectivity index (χ1) is 27.6. The molecule has 0 aliphatic rings. The highest BCUT2D eigenvalue weighted by Crippen LogP contribution is 2.17. The van der Waals surface area contributed by atoms with Gasteiger partial charge in [-0.3, -0.25) is 4.79 Å². The van der Waals surface area contributed by atoms with Gasteiger partial charge in [-0.1, -0.05) is 244 Å². The third-order valence-electron chi connectivity index (χ3n) is 11.8. The fraction of sp³-hybridized carbons (Fsp3) is 0.902. The van der Waals surface area contributed by atoms with Crippen LogP contribution in [0.3, 0.4) is 0 Å². The maximum Gasteiger partial charge on any atom is 0.220 e. The molecule has 0 fully saturated rings. The van der Waals surface area contributed by atoms with Gasteiger partial charge in [-0.2, -0.15) is 0 Å². The molecule has 0 aliphatic carbocycles. The van der Waals surface area contributed by atoms with E-state index in [1.165, 1.54) is 193 Å². The van der Waals surface area contributed by atoms with Crippen LogP contribution in [0.1, 0.15) is 271 Å². The minimum atomic E-state index is -1.16. The van der Waals surface area contributed by atoms with E-state index in [2.05, 4.69) is 43.5 Å². The zero-order valence-electron chi connectivity index (χ0n) is 37.8. The number of amides is 1. The van der Waals surface area contributed by atoms with E-state index in [1.807, 2.05) is 0 Å². The molecule has 332 valence electrons. The first-order valence-electron chi connectivity index (χ1n) is 25.1. The van der Waals surface area contributed by atoms with Crippen molar-refractivity contribution >= 4 is 5.91 Å². The maximum absolute atomic E-state index is 12.4. The summed E-state index contributed by atoms with van der Waals surface area (Å²) in [6, 6.07) is -0.828. The molecule has 0 saturated carbocycles. The highest BCUT2D eigenvalue weighted by Gasteiger charge is 2.26. The standard InChI is InChI=1S/C51H99NO4/c1-3-5-7-9-11-13-15-16-17-18-19-20-21-22-23-24-25-26-27-28-29-30-31-32-33-34-36-38-40-42-44-46-50(55)52-48(47-53)51(56)49(54)45-43-41-39-37-35-14-12-10-8-6-4-2/h10,12,37,39,48-49,51,53-54,56H,3-9,11,13-36,38,40-47H2,1-2H3,(H,52,55)/b12-10+,39-37+. The molecular weight excluding hydrogens is 691 g/mol. The summed E-state index contributed by atoms with van der Waals surface area (Å²) in [5, 5.41) is 33.4. The monoisotopic (exact) mass is 790 g/mol. The van der Waals surface area contributed by atoms with Crippen LogP contribution >= 0.6 is 0 Å². The van der Waals surface area contributed by atoms with Crippen LogP contribution in [-0.2, 0) is 4.79 Å². The van der Waals surface area contributed by atoms with Gasteiger partial charge in [0.15, 0.2) is 0 Å². The van der Waals surface area contributed by atoms with E-state index in [-0.39, 0.29) is 12.5 Å². The lowest BCUT2D eigenvalue weighted by molar-refractivity contribution is -0.124. The van der Waals surface area contributed by atoms with Crippen molar-refractivity contribution in [2.75, 3.05) is 6.61 Å². The van der Waals surface area contributed by atoms with Gasteiger partial charge >= 0.3 is 0 Å². The second kappa shape index (κ2) is 46.5. The fourth-order valence-corrected chi connectivity index (χ4v) is 7.87. The number of carbonyl (C=O) groups excluding carboxylic acids is 1. The summed E-state index contributed by atoms with van der Waals surface area (Å²) in [6.45, 7) is 4.13. The van der Waals surface area contributed by atoms with E-state index in [4.69, 9.17) is 0 Å². The molecule has 5 nitrogen and oxygen atoms in total. The second-order valence-electron chi connectivity index (χ2n) is 17.4. The molecule has 0 heterocycles. The lowest BCUT2D eigenvalue weighted by Gasteiger charge is -2.26. The van der Waals surface area contributed by atoms with Crippen molar-refractivity contribution in [2.24, 2.45) is 0 Å². The average Bonchev–Trinajstić information content (AvgIpc) is 3.20. The van der Waals surface area contributed by atoms with Crippen molar-refractivity contribution < 1.29 is 20.1 Å². The third-order valence-corrected chi connectivity index (χ3v) is 11.8. The van der Waals surface area contributed by atoms with Crippen LogP contribution in [0.15, 0.2) is 24.3 Å². The molecular formula is C51H99NO4. The van der Waals surface area contributed by atoms with Crippen LogP contribution in [0.2, 0.25) is 0 Å². The van der Waals surface area contributed by atoms with Crippen molar-refractivity contribution in [1.29, 1.82) is 0 Å². The molecule has 56 heavy (non-hydrogen) atoms. The van der Waals surface area contributed by atoms with Gasteiger partial charge in [-0.05, 0) is 44.9 Å². The number of carbonyl (C=O) groups is 1. The van der Waals surface area contributed by atoms with Gasteiger partial charge in [0, 0.05) is 6.42 Å². The fourth-order valence-electron chi connectivity index (χ4n) is 7.87. The molecule has 0 radical (unpaired) electrons. The van der Waals surface area contributed by atoms with Crippen molar-refractivity contribution in [3.05, 3.63) is 24.3 Å². The summed E-state index contributed by atoms with van der Waals surface area (Å²) in [6.07, 6.45) is 57.7. The lowest BCUT2D eigenvalue weighted by atomic mass is 10.0. The van der Waals surface area contributed by atoms with Gasteiger partial charge in [-0.15, -0.1) is 0 Å². The molecule has 4 N–H and O–H groups in total. The van der Waals surface area contributed by atoms with E-state index in [9.17, 15) is 20.1 Å². The number of hydrogen-bond donors (Lipinski definition) is 4. The molecule has 3 atom stereocenters. The molecule has 0 bridgehead atoms. The smallest absolute Gasteiger partial charge is 0.220 e. The zero-order chi connectivity index (χ0) is 40.8. The minimum Gasteiger partial charge on any atom is -0.394 e. The van der Waals surface area contributed by atoms with Crippen LogP contribution in [0.25, 0.3) is 0 Å². The zero-order valence-corrected chi connectivity index (χ0v) is 37.8. The predicted molar refractivity (Wildman–Crippen MR) is 245 cm³/mol. The van der Waals surface area contributed by atoms with Crippen molar-refractivity contribution in [2.45, 2.75) is 289 Å². The van der Waals surface area contributed by atoms with Crippen LogP contribution in [0, 0.1) is 0 Å². The third kappa shape index (κ3) is 41.0. The number of hydrogen-bond acceptors (Lipinski definition) is 4. The molecule has 0 aliphatic heterocycles. The second-order valence-corrected chi connectivity index (χ2v) is 17.4. The molecule has 0 aromatic carbocycles. The summed E-state index contributed by atoms with van der Waals surface area (Å²) < 4.78 is 0. The van der Waals surface area contributed by atoms with Gasteiger partial charge in [0.25, 0.3) is 0 Å². The molecule has 0 saturated heterocycles. The Labute approximate surface area is 350 Å². The topological polar surface area (TPSA) is 89.8 Å². The largest absolute Gasteiger partial charge is 0.394 e. The molecule has 0 aromatic heterocycles. The van der Waals surface area contributed by atoms with Gasteiger partial charge in [0.05, 0.1) is 18.8 Å². The molecule has 5 heteroatoms. The summed E-state index contributed by atoms with van der Waals surface area (Å²) in [7, 11) is 0. The summed E-state index contributed by atoms with van der Waals surface area (Å²) in [5.41, 5.74) is 0. The SMILES string of the molecule is CCCC/C=C/CC/C=C/CCCC(O)C(O)C(CO)NC(=O)CCCCCCCCCCCCCCCCCCCCCCCCCCCCCCCCC. The quantitative estimate of drug-likeness (QED) is 0.0365. The predicted octanol–water partition coefficient (Wildman–Crippen LogP) is 14.9. The van der Waals surface area contributed by atoms with E-state index >= 15 is 0 Å². The van der Waals surface area contributed by atoms with Crippen molar-refractivity contribution in [3.63, 3.8) is 0 Å². The molecule has 0 rings (SSSR count). The molecule has 0 spiro atoms. The van der Waals surface area contributed by atoms with Crippen LogP contribution < -0.4 is 5.32 Å². The van der Waals surface area contributed by atoms with E-state index in [1.54, 1.807) is 0 Å². The minimum absolute atomic E-state index is 0.155. The molecule has 3 unspecified atom stereocenters. The van der Waals surface area contributed by atoms with Gasteiger partial charge in [0.2, 0.25) is 5.91 Å². The number of aliphatic hydroxyl groups excluding tert-OH is 3. The Bertz CT molecular complexity index is 829. The van der Waals surface area contributed by atoms with Gasteiger partial charge < -0.3 is 20.6 Å². The van der Waals surface area contributed by atoms with Gasteiger partial charge in [-0.25, -0.2) is 0 Å². The number of rotatable bonds is 46. The first kappa shape index (κ1) is 54.8. The van der Waals surface area contributed by atoms with Gasteiger partial charge in [0.1, 0.15) is 6.10 Å². The highest BCUT2D eigenvalue weighted by atomic mass is 16.3. The Morgan fingerprint density at radius 2 is 0.732 bits per heavy atom. The number of nitrogens with one attached hydrogen (secondary N) is 1. The van der Waals surface area contributed by atoms with Crippen LogP contribution in [0.5, 0.6) is 0 Å². The van der Waals surface area contributed by atoms with E-state index in [0.29, 0.717) is 12.8 Å². The molecule has 1 amide bonds. The summed E-state index contributed by atoms with van der Waals surface area (Å²) >= 11 is 0. The lowest BCUT2D eigenvalue weighted by Crippen LogP contribution is -2.50. The first-order valence-corrected chi connectivity index (χ1v) is 25.1. The molecule has 0 aromatic rings. The van der Waals surface area contributed by atoms with Crippen molar-refractivity contribution in [3.8, 4) is 0 Å². The Balaban J connectivity index is 3.46. The Morgan fingerprint density at radius 1 is 0.429 bits per heavy atom. The maximum atomic E-state index is 12.4. The van der Waals surface area contributed by atoms with Crippen molar-refractivity contribution in [1.82, 2.24) is 5.32 Å². The Morgan fingerprint density at radius 3 is 1.07 bits per heavy atom. The average molecular weight is 790 g/mol. The number of allylic oxidation sites excluding steroid dienone is 4. The summed E-state index contributed by atoms with van der Waals surface area (Å²) in [4.78, 5) is 12.4. The highest BCUT2D eigenvalue weighted by molar-refractivity contribution is 5.76. The number of aliphatic hydroxyl groups is 3. The van der Waals surface area contributed by atoms with E-state index < -0.39 is 18.2 Å². The Hall–Kier alpha value is -1.17.